The summed E-state index contributed by atoms with van der Waals surface area (Å²) in [5.41, 5.74) is 3.28. The quantitative estimate of drug-likeness (QED) is 0.775. The maximum absolute atomic E-state index is 3.87. The second-order valence-electron chi connectivity index (χ2n) is 7.13. The molecule has 0 radical (unpaired) electrons. The molecule has 0 amide bonds. The molecule has 0 aromatic heterocycles. The predicted molar refractivity (Wildman–Crippen MR) is 87.1 cm³/mol. The van der Waals surface area contributed by atoms with Crippen LogP contribution in [0.5, 0.6) is 0 Å². The molecule has 0 aliphatic heterocycles. The molecule has 1 aromatic rings. The molecule has 1 N–H and O–H groups in total. The molecule has 1 aromatic carbocycles. The Hall–Kier alpha value is -0.980. The highest BCUT2D eigenvalue weighted by Gasteiger charge is 2.44. The molecule has 110 valence electrons. The molecule has 2 fully saturated rings. The molecule has 0 bridgehead atoms. The lowest BCUT2D eigenvalue weighted by atomic mass is 9.58. The van der Waals surface area contributed by atoms with Crippen LogP contribution in [0.4, 0.5) is 5.69 Å². The molecular formula is C19H29N. The SMILES string of the molecule is CCc1ccc(NC2CCCC3CCCCC32C)cc1. The molecule has 20 heavy (non-hydrogen) atoms. The highest BCUT2D eigenvalue weighted by atomic mass is 14.9. The zero-order valence-corrected chi connectivity index (χ0v) is 13.1. The van der Waals surface area contributed by atoms with Gasteiger partial charge in [0.15, 0.2) is 0 Å². The second-order valence-corrected chi connectivity index (χ2v) is 7.13. The van der Waals surface area contributed by atoms with Crippen molar-refractivity contribution in [3.63, 3.8) is 0 Å². The first-order chi connectivity index (χ1) is 9.72. The summed E-state index contributed by atoms with van der Waals surface area (Å²) >= 11 is 0. The fourth-order valence-electron chi connectivity index (χ4n) is 4.54. The van der Waals surface area contributed by atoms with Gasteiger partial charge in [0, 0.05) is 11.7 Å². The van der Waals surface area contributed by atoms with Crippen LogP contribution in [0.25, 0.3) is 0 Å². The Morgan fingerprint density at radius 3 is 2.55 bits per heavy atom. The van der Waals surface area contributed by atoms with Gasteiger partial charge in [-0.1, -0.05) is 45.2 Å². The first-order valence-corrected chi connectivity index (χ1v) is 8.58. The summed E-state index contributed by atoms with van der Waals surface area (Å²) in [6, 6.07) is 9.76. The maximum Gasteiger partial charge on any atom is 0.0342 e. The first kappa shape index (κ1) is 14.0. The molecule has 0 heterocycles. The van der Waals surface area contributed by atoms with Crippen LogP contribution >= 0.6 is 0 Å². The summed E-state index contributed by atoms with van der Waals surface area (Å²) in [4.78, 5) is 0. The van der Waals surface area contributed by atoms with Gasteiger partial charge >= 0.3 is 0 Å². The van der Waals surface area contributed by atoms with Crippen molar-refractivity contribution in [1.82, 2.24) is 0 Å². The minimum absolute atomic E-state index is 0.528. The van der Waals surface area contributed by atoms with E-state index in [2.05, 4.69) is 43.4 Å². The molecule has 1 heteroatoms. The third-order valence-electron chi connectivity index (χ3n) is 6.00. The van der Waals surface area contributed by atoms with Crippen LogP contribution in [0.2, 0.25) is 0 Å². The smallest absolute Gasteiger partial charge is 0.0342 e. The van der Waals surface area contributed by atoms with E-state index in [9.17, 15) is 0 Å². The molecule has 3 rings (SSSR count). The number of rotatable bonds is 3. The van der Waals surface area contributed by atoms with Crippen molar-refractivity contribution in [1.29, 1.82) is 0 Å². The number of hydrogen-bond acceptors (Lipinski definition) is 1. The normalized spacial score (nSPS) is 33.5. The molecular weight excluding hydrogens is 242 g/mol. The van der Waals surface area contributed by atoms with E-state index in [1.165, 1.54) is 56.2 Å². The van der Waals surface area contributed by atoms with Crippen molar-refractivity contribution >= 4 is 5.69 Å². The van der Waals surface area contributed by atoms with E-state index < -0.39 is 0 Å². The van der Waals surface area contributed by atoms with Crippen LogP contribution in [0.3, 0.4) is 0 Å². The standard InChI is InChI=1S/C19H29N/c1-3-15-10-12-17(13-11-15)20-18-9-6-8-16-7-4-5-14-19(16,18)2/h10-13,16,18,20H,3-9,14H2,1-2H3. The zero-order valence-electron chi connectivity index (χ0n) is 13.1. The topological polar surface area (TPSA) is 12.0 Å². The van der Waals surface area contributed by atoms with E-state index in [1.807, 2.05) is 0 Å². The van der Waals surface area contributed by atoms with Gasteiger partial charge in [-0.25, -0.2) is 0 Å². The van der Waals surface area contributed by atoms with Gasteiger partial charge in [-0.3, -0.25) is 0 Å². The number of aryl methyl sites for hydroxylation is 1. The van der Waals surface area contributed by atoms with Gasteiger partial charge in [0.2, 0.25) is 0 Å². The Bertz CT molecular complexity index is 434. The summed E-state index contributed by atoms with van der Waals surface area (Å²) in [5.74, 6) is 0.956. The molecule has 2 aliphatic rings. The van der Waals surface area contributed by atoms with E-state index >= 15 is 0 Å². The average Bonchev–Trinajstić information content (AvgIpc) is 2.49. The second kappa shape index (κ2) is 5.79. The molecule has 0 saturated heterocycles. The first-order valence-electron chi connectivity index (χ1n) is 8.58. The Morgan fingerprint density at radius 1 is 1.05 bits per heavy atom. The third kappa shape index (κ3) is 2.60. The lowest BCUT2D eigenvalue weighted by molar-refractivity contribution is 0.0505. The van der Waals surface area contributed by atoms with E-state index in [-0.39, 0.29) is 0 Å². The van der Waals surface area contributed by atoms with Crippen LogP contribution in [0.15, 0.2) is 24.3 Å². The Balaban J connectivity index is 1.74. The van der Waals surface area contributed by atoms with Gasteiger partial charge in [0.1, 0.15) is 0 Å². The van der Waals surface area contributed by atoms with E-state index in [0.717, 1.165) is 12.3 Å². The molecule has 2 saturated carbocycles. The summed E-state index contributed by atoms with van der Waals surface area (Å²) in [5, 5.41) is 3.87. The molecule has 1 nitrogen and oxygen atoms in total. The monoisotopic (exact) mass is 271 g/mol. The number of hydrogen-bond donors (Lipinski definition) is 1. The van der Waals surface area contributed by atoms with Crippen molar-refractivity contribution in [3.8, 4) is 0 Å². The number of anilines is 1. The van der Waals surface area contributed by atoms with Crippen molar-refractivity contribution in [2.24, 2.45) is 11.3 Å². The molecule has 3 atom stereocenters. The molecule has 0 spiro atoms. The summed E-state index contributed by atoms with van der Waals surface area (Å²) in [6.07, 6.45) is 11.1. The fourth-order valence-corrected chi connectivity index (χ4v) is 4.54. The van der Waals surface area contributed by atoms with Crippen LogP contribution in [0, 0.1) is 11.3 Å². The molecule has 2 aliphatic carbocycles. The average molecular weight is 271 g/mol. The van der Waals surface area contributed by atoms with Crippen LogP contribution in [-0.2, 0) is 6.42 Å². The summed E-state index contributed by atoms with van der Waals surface area (Å²) in [7, 11) is 0. The van der Waals surface area contributed by atoms with Crippen molar-refractivity contribution in [2.75, 3.05) is 5.32 Å². The number of fused-ring (bicyclic) bond motifs is 1. The lowest BCUT2D eigenvalue weighted by Gasteiger charge is -2.51. The number of nitrogens with one attached hydrogen (secondary N) is 1. The zero-order chi connectivity index (χ0) is 14.0. The van der Waals surface area contributed by atoms with Gasteiger partial charge in [0.25, 0.3) is 0 Å². The highest BCUT2D eigenvalue weighted by molar-refractivity contribution is 5.46. The summed E-state index contributed by atoms with van der Waals surface area (Å²) < 4.78 is 0. The minimum Gasteiger partial charge on any atom is -0.382 e. The van der Waals surface area contributed by atoms with Gasteiger partial charge in [0.05, 0.1) is 0 Å². The predicted octanol–water partition coefficient (Wildman–Crippen LogP) is 5.41. The van der Waals surface area contributed by atoms with Crippen LogP contribution < -0.4 is 5.32 Å². The fraction of sp³-hybridized carbons (Fsp3) is 0.684. The highest BCUT2D eigenvalue weighted by Crippen LogP contribution is 2.50. The lowest BCUT2D eigenvalue weighted by Crippen LogP contribution is -2.48. The van der Waals surface area contributed by atoms with Gasteiger partial charge in [-0.2, -0.15) is 0 Å². The van der Waals surface area contributed by atoms with Crippen LogP contribution in [0.1, 0.15) is 64.4 Å². The third-order valence-corrected chi connectivity index (χ3v) is 6.00. The number of benzene rings is 1. The minimum atomic E-state index is 0.528. The Labute approximate surface area is 124 Å². The van der Waals surface area contributed by atoms with Crippen molar-refractivity contribution in [2.45, 2.75) is 71.3 Å². The van der Waals surface area contributed by atoms with E-state index in [4.69, 9.17) is 0 Å². The van der Waals surface area contributed by atoms with Crippen molar-refractivity contribution in [3.05, 3.63) is 29.8 Å². The van der Waals surface area contributed by atoms with Gasteiger partial charge in [-0.05, 0) is 61.1 Å². The molecule has 3 unspecified atom stereocenters. The van der Waals surface area contributed by atoms with Gasteiger partial charge < -0.3 is 5.32 Å². The maximum atomic E-state index is 3.87. The van der Waals surface area contributed by atoms with E-state index in [1.54, 1.807) is 0 Å². The Kier molecular flexibility index (Phi) is 4.05. The Morgan fingerprint density at radius 2 is 1.80 bits per heavy atom. The summed E-state index contributed by atoms with van der Waals surface area (Å²) in [6.45, 7) is 4.77. The van der Waals surface area contributed by atoms with Gasteiger partial charge in [-0.15, -0.1) is 0 Å². The van der Waals surface area contributed by atoms with E-state index in [0.29, 0.717) is 11.5 Å². The van der Waals surface area contributed by atoms with Crippen LogP contribution in [-0.4, -0.2) is 6.04 Å². The van der Waals surface area contributed by atoms with Crippen molar-refractivity contribution < 1.29 is 0 Å². The largest absolute Gasteiger partial charge is 0.382 e.